The number of hydrogen-bond donors (Lipinski definition) is 1. The number of sulfone groups is 1. The fraction of sp³-hybridized carbons (Fsp3) is 0.219. The van der Waals surface area contributed by atoms with Crippen LogP contribution in [0.25, 0.3) is 11.1 Å². The van der Waals surface area contributed by atoms with E-state index in [1.807, 2.05) is 62.4 Å². The van der Waals surface area contributed by atoms with Crippen molar-refractivity contribution in [3.63, 3.8) is 0 Å². The summed E-state index contributed by atoms with van der Waals surface area (Å²) in [6.07, 6.45) is 1.40. The maximum atomic E-state index is 13.6. The SMILES string of the molecule is COc1cc(C)c(-c2cccc(C)c2)cc1S(=O)(=O)Cc1cccc(CCCNC(=O)c2ccccc2Cl)c1. The third-order valence-corrected chi connectivity index (χ3v) is 8.60. The number of nitrogens with one attached hydrogen (secondary N) is 1. The predicted octanol–water partition coefficient (Wildman–Crippen LogP) is 6.97. The first-order valence-corrected chi connectivity index (χ1v) is 14.8. The van der Waals surface area contributed by atoms with E-state index in [9.17, 15) is 13.2 Å². The lowest BCUT2D eigenvalue weighted by Crippen LogP contribution is -2.25. The summed E-state index contributed by atoms with van der Waals surface area (Å²) >= 11 is 6.10. The van der Waals surface area contributed by atoms with E-state index in [1.54, 1.807) is 36.4 Å². The van der Waals surface area contributed by atoms with Crippen molar-refractivity contribution in [3.05, 3.63) is 118 Å². The number of carbonyl (C=O) groups excluding carboxylic acids is 1. The zero-order valence-corrected chi connectivity index (χ0v) is 23.9. The first kappa shape index (κ1) is 28.4. The molecule has 4 aromatic rings. The number of ether oxygens (including phenoxy) is 1. The first-order chi connectivity index (χ1) is 18.7. The number of halogens is 1. The van der Waals surface area contributed by atoms with E-state index in [4.69, 9.17) is 16.3 Å². The smallest absolute Gasteiger partial charge is 0.252 e. The van der Waals surface area contributed by atoms with Crippen LogP contribution >= 0.6 is 11.6 Å². The lowest BCUT2D eigenvalue weighted by atomic mass is 9.99. The van der Waals surface area contributed by atoms with Crippen LogP contribution in [0.15, 0.2) is 89.8 Å². The van der Waals surface area contributed by atoms with Crippen molar-refractivity contribution in [1.29, 1.82) is 0 Å². The fourth-order valence-electron chi connectivity index (χ4n) is 4.59. The molecule has 0 aliphatic heterocycles. The van der Waals surface area contributed by atoms with E-state index in [0.29, 0.717) is 41.3 Å². The second-order valence-electron chi connectivity index (χ2n) is 9.61. The molecule has 0 aliphatic carbocycles. The van der Waals surface area contributed by atoms with Crippen molar-refractivity contribution in [2.45, 2.75) is 37.3 Å². The van der Waals surface area contributed by atoms with Crippen molar-refractivity contribution in [2.75, 3.05) is 13.7 Å². The Hall–Kier alpha value is -3.61. The number of benzene rings is 4. The van der Waals surface area contributed by atoms with E-state index in [0.717, 1.165) is 27.8 Å². The van der Waals surface area contributed by atoms with E-state index in [1.165, 1.54) is 7.11 Å². The van der Waals surface area contributed by atoms with Crippen LogP contribution in [0, 0.1) is 13.8 Å². The Morgan fingerprint density at radius 1 is 0.897 bits per heavy atom. The minimum atomic E-state index is -3.70. The van der Waals surface area contributed by atoms with Gasteiger partial charge in [0.05, 0.1) is 23.4 Å². The highest BCUT2D eigenvalue weighted by atomic mass is 35.5. The van der Waals surface area contributed by atoms with Crippen LogP contribution in [0.1, 0.15) is 39.0 Å². The average molecular weight is 562 g/mol. The maximum Gasteiger partial charge on any atom is 0.252 e. The van der Waals surface area contributed by atoms with Gasteiger partial charge in [0, 0.05) is 6.54 Å². The highest BCUT2D eigenvalue weighted by molar-refractivity contribution is 7.90. The summed E-state index contributed by atoms with van der Waals surface area (Å²) in [6.45, 7) is 4.45. The molecule has 202 valence electrons. The van der Waals surface area contributed by atoms with Crippen LogP contribution < -0.4 is 10.1 Å². The Labute approximate surface area is 235 Å². The van der Waals surface area contributed by atoms with Gasteiger partial charge in [0.25, 0.3) is 5.91 Å². The Morgan fingerprint density at radius 2 is 1.64 bits per heavy atom. The number of amides is 1. The molecule has 1 amide bonds. The lowest BCUT2D eigenvalue weighted by molar-refractivity contribution is 0.0953. The van der Waals surface area contributed by atoms with Crippen LogP contribution in [0.4, 0.5) is 0 Å². The summed E-state index contributed by atoms with van der Waals surface area (Å²) in [6, 6.07) is 26.0. The monoisotopic (exact) mass is 561 g/mol. The summed E-state index contributed by atoms with van der Waals surface area (Å²) in [7, 11) is -2.20. The van der Waals surface area contributed by atoms with Crippen molar-refractivity contribution in [3.8, 4) is 16.9 Å². The van der Waals surface area contributed by atoms with Gasteiger partial charge < -0.3 is 10.1 Å². The van der Waals surface area contributed by atoms with E-state index in [-0.39, 0.29) is 16.6 Å². The molecular formula is C32H32ClNO4S. The molecule has 0 saturated heterocycles. The van der Waals surface area contributed by atoms with Gasteiger partial charge in [0.2, 0.25) is 0 Å². The van der Waals surface area contributed by atoms with E-state index < -0.39 is 9.84 Å². The average Bonchev–Trinajstić information content (AvgIpc) is 2.91. The van der Waals surface area contributed by atoms with E-state index >= 15 is 0 Å². The van der Waals surface area contributed by atoms with Gasteiger partial charge in [-0.2, -0.15) is 0 Å². The third-order valence-electron chi connectivity index (χ3n) is 6.57. The molecule has 0 bridgehead atoms. The Kier molecular flexibility index (Phi) is 9.10. The number of methoxy groups -OCH3 is 1. The molecule has 0 aliphatic rings. The van der Waals surface area contributed by atoms with Crippen LogP contribution in [-0.4, -0.2) is 28.0 Å². The van der Waals surface area contributed by atoms with Gasteiger partial charge >= 0.3 is 0 Å². The molecule has 4 rings (SSSR count). The zero-order valence-electron chi connectivity index (χ0n) is 22.3. The standard InChI is InChI=1S/C32H32ClNO4S/c1-22-9-6-13-26(17-22)28-20-31(30(38-3)18-23(28)2)39(36,37)21-25-11-7-10-24(19-25)12-8-16-34-32(35)27-14-4-5-15-29(27)33/h4-7,9-11,13-15,17-20H,8,12,16,21H2,1-3H3,(H,34,35). The van der Waals surface area contributed by atoms with Gasteiger partial charge in [-0.1, -0.05) is 77.8 Å². The summed E-state index contributed by atoms with van der Waals surface area (Å²) in [5, 5.41) is 3.31. The molecule has 1 N–H and O–H groups in total. The molecule has 5 nitrogen and oxygen atoms in total. The van der Waals surface area contributed by atoms with Crippen LogP contribution in [0.3, 0.4) is 0 Å². The minimum Gasteiger partial charge on any atom is -0.495 e. The van der Waals surface area contributed by atoms with Gasteiger partial charge in [-0.05, 0) is 78.8 Å². The molecule has 0 heterocycles. The molecule has 0 unspecified atom stereocenters. The molecule has 7 heteroatoms. The normalized spacial score (nSPS) is 11.3. The predicted molar refractivity (Wildman–Crippen MR) is 157 cm³/mol. The summed E-state index contributed by atoms with van der Waals surface area (Å²) in [5.74, 6) is -0.0108. The molecule has 0 saturated carbocycles. The Balaban J connectivity index is 1.47. The van der Waals surface area contributed by atoms with Crippen LogP contribution in [0.5, 0.6) is 5.75 Å². The third kappa shape index (κ3) is 7.08. The van der Waals surface area contributed by atoms with Crippen LogP contribution in [-0.2, 0) is 22.0 Å². The lowest BCUT2D eigenvalue weighted by Gasteiger charge is -2.15. The van der Waals surface area contributed by atoms with Gasteiger partial charge in [-0.3, -0.25) is 4.79 Å². The molecule has 0 fully saturated rings. The summed E-state index contributed by atoms with van der Waals surface area (Å²) in [4.78, 5) is 12.5. The maximum absolute atomic E-state index is 13.6. The van der Waals surface area contributed by atoms with E-state index in [2.05, 4.69) is 5.32 Å². The van der Waals surface area contributed by atoms with Crippen molar-refractivity contribution in [2.24, 2.45) is 0 Å². The molecular weight excluding hydrogens is 530 g/mol. The zero-order chi connectivity index (χ0) is 28.0. The molecule has 0 atom stereocenters. The Bertz CT molecular complexity index is 1600. The minimum absolute atomic E-state index is 0.142. The topological polar surface area (TPSA) is 72.5 Å². The van der Waals surface area contributed by atoms with Crippen molar-refractivity contribution < 1.29 is 17.9 Å². The quantitative estimate of drug-likeness (QED) is 0.212. The van der Waals surface area contributed by atoms with Crippen LogP contribution in [0.2, 0.25) is 5.02 Å². The summed E-state index contributed by atoms with van der Waals surface area (Å²) < 4.78 is 32.7. The van der Waals surface area contributed by atoms with Gasteiger partial charge in [0.1, 0.15) is 10.6 Å². The van der Waals surface area contributed by atoms with Gasteiger partial charge in [-0.15, -0.1) is 0 Å². The van der Waals surface area contributed by atoms with Gasteiger partial charge in [-0.25, -0.2) is 8.42 Å². The van der Waals surface area contributed by atoms with Crippen molar-refractivity contribution in [1.82, 2.24) is 5.32 Å². The number of hydrogen-bond acceptors (Lipinski definition) is 4. The highest BCUT2D eigenvalue weighted by Crippen LogP contribution is 2.35. The number of carbonyl (C=O) groups is 1. The fourth-order valence-corrected chi connectivity index (χ4v) is 6.34. The largest absolute Gasteiger partial charge is 0.495 e. The molecule has 0 spiro atoms. The summed E-state index contributed by atoms with van der Waals surface area (Å²) in [5.41, 5.74) is 6.04. The highest BCUT2D eigenvalue weighted by Gasteiger charge is 2.23. The molecule has 0 aromatic heterocycles. The van der Waals surface area contributed by atoms with Gasteiger partial charge in [0.15, 0.2) is 9.84 Å². The second-order valence-corrected chi connectivity index (χ2v) is 12.0. The number of rotatable bonds is 10. The molecule has 39 heavy (non-hydrogen) atoms. The number of aryl methyl sites for hydroxylation is 3. The first-order valence-electron chi connectivity index (χ1n) is 12.8. The molecule has 0 radical (unpaired) electrons. The second kappa shape index (κ2) is 12.5. The van der Waals surface area contributed by atoms with Crippen molar-refractivity contribution >= 4 is 27.3 Å². The molecule has 4 aromatic carbocycles. The Morgan fingerprint density at radius 3 is 2.38 bits per heavy atom.